The number of nitrogens with two attached hydrogens (primary N) is 1. The monoisotopic (exact) mass is 244 g/mol. The molecule has 1 aromatic carbocycles. The van der Waals surface area contributed by atoms with Crippen LogP contribution in [-0.2, 0) is 16.4 Å². The Balaban J connectivity index is 3.01. The molecule has 0 bridgehead atoms. The van der Waals surface area contributed by atoms with Crippen molar-refractivity contribution in [3.63, 3.8) is 0 Å². The summed E-state index contributed by atoms with van der Waals surface area (Å²) in [6.45, 7) is 1.71. The number of aliphatic hydroxyl groups is 1. The first kappa shape index (κ1) is 13.0. The lowest BCUT2D eigenvalue weighted by molar-refractivity contribution is 0.301. The van der Waals surface area contributed by atoms with Crippen LogP contribution in [0.1, 0.15) is 12.5 Å². The van der Waals surface area contributed by atoms with Crippen LogP contribution < -0.4 is 10.5 Å². The van der Waals surface area contributed by atoms with Gasteiger partial charge >= 0.3 is 0 Å². The zero-order chi connectivity index (χ0) is 12.2. The molecule has 0 unspecified atom stereocenters. The lowest BCUT2D eigenvalue weighted by Gasteiger charge is -2.08. The summed E-state index contributed by atoms with van der Waals surface area (Å²) < 4.78 is 25.6. The SMILES string of the molecule is CCc1ccc(S(=O)(=O)NCCO)cc1N. The van der Waals surface area contributed by atoms with Crippen molar-refractivity contribution in [3.8, 4) is 0 Å². The van der Waals surface area contributed by atoms with Gasteiger partial charge in [0.2, 0.25) is 10.0 Å². The highest BCUT2D eigenvalue weighted by Gasteiger charge is 2.13. The van der Waals surface area contributed by atoms with E-state index >= 15 is 0 Å². The highest BCUT2D eigenvalue weighted by molar-refractivity contribution is 7.89. The molecule has 1 aromatic rings. The van der Waals surface area contributed by atoms with Gasteiger partial charge in [-0.1, -0.05) is 13.0 Å². The second-order valence-corrected chi connectivity index (χ2v) is 5.10. The van der Waals surface area contributed by atoms with Crippen molar-refractivity contribution in [1.29, 1.82) is 0 Å². The molecule has 5 nitrogen and oxygen atoms in total. The summed E-state index contributed by atoms with van der Waals surface area (Å²) in [6, 6.07) is 4.64. The van der Waals surface area contributed by atoms with Crippen molar-refractivity contribution in [2.75, 3.05) is 18.9 Å². The topological polar surface area (TPSA) is 92.4 Å². The van der Waals surface area contributed by atoms with E-state index in [4.69, 9.17) is 10.8 Å². The van der Waals surface area contributed by atoms with E-state index in [1.165, 1.54) is 12.1 Å². The minimum atomic E-state index is -3.56. The van der Waals surface area contributed by atoms with Crippen LogP contribution in [0.4, 0.5) is 5.69 Å². The number of aryl methyl sites for hydroxylation is 1. The standard InChI is InChI=1S/C10H16N2O3S/c1-2-8-3-4-9(7-10(8)11)16(14,15)12-5-6-13/h3-4,7,12-13H,2,5-6,11H2,1H3. The largest absolute Gasteiger partial charge is 0.398 e. The van der Waals surface area contributed by atoms with Gasteiger partial charge in [0.15, 0.2) is 0 Å². The third-order valence-electron chi connectivity index (χ3n) is 2.21. The van der Waals surface area contributed by atoms with Crippen LogP contribution in [0.2, 0.25) is 0 Å². The first-order valence-corrected chi connectivity index (χ1v) is 6.48. The Labute approximate surface area is 95.3 Å². The van der Waals surface area contributed by atoms with Crippen LogP contribution >= 0.6 is 0 Å². The maximum atomic E-state index is 11.7. The molecule has 0 saturated carbocycles. The molecule has 0 radical (unpaired) electrons. The molecule has 0 spiro atoms. The summed E-state index contributed by atoms with van der Waals surface area (Å²) in [7, 11) is -3.56. The van der Waals surface area contributed by atoms with Gasteiger partial charge in [0.25, 0.3) is 0 Å². The first-order valence-electron chi connectivity index (χ1n) is 5.00. The molecule has 0 fully saturated rings. The number of aliphatic hydroxyl groups excluding tert-OH is 1. The van der Waals surface area contributed by atoms with Gasteiger partial charge in [-0.3, -0.25) is 0 Å². The molecular weight excluding hydrogens is 228 g/mol. The molecule has 0 aliphatic heterocycles. The average Bonchev–Trinajstić information content (AvgIpc) is 2.26. The van der Waals surface area contributed by atoms with Gasteiger partial charge in [-0.25, -0.2) is 13.1 Å². The summed E-state index contributed by atoms with van der Waals surface area (Å²) in [5, 5.41) is 8.56. The van der Waals surface area contributed by atoms with E-state index in [1.807, 2.05) is 6.92 Å². The Bertz CT molecular complexity index is 457. The minimum Gasteiger partial charge on any atom is -0.398 e. The zero-order valence-electron chi connectivity index (χ0n) is 9.10. The summed E-state index contributed by atoms with van der Waals surface area (Å²) in [4.78, 5) is 0.121. The molecule has 0 amide bonds. The predicted molar refractivity (Wildman–Crippen MR) is 62.5 cm³/mol. The lowest BCUT2D eigenvalue weighted by atomic mass is 10.1. The van der Waals surface area contributed by atoms with Gasteiger partial charge < -0.3 is 10.8 Å². The lowest BCUT2D eigenvalue weighted by Crippen LogP contribution is -2.26. The molecule has 4 N–H and O–H groups in total. The van der Waals surface area contributed by atoms with Crippen LogP contribution in [0.25, 0.3) is 0 Å². The normalized spacial score (nSPS) is 11.6. The Morgan fingerprint density at radius 3 is 2.62 bits per heavy atom. The molecule has 0 heterocycles. The van der Waals surface area contributed by atoms with E-state index in [0.717, 1.165) is 12.0 Å². The van der Waals surface area contributed by atoms with Crippen molar-refractivity contribution in [3.05, 3.63) is 23.8 Å². The van der Waals surface area contributed by atoms with Gasteiger partial charge in [-0.05, 0) is 24.1 Å². The highest BCUT2D eigenvalue weighted by Crippen LogP contribution is 2.18. The van der Waals surface area contributed by atoms with Crippen molar-refractivity contribution in [2.45, 2.75) is 18.2 Å². The van der Waals surface area contributed by atoms with Crippen LogP contribution in [0.5, 0.6) is 0 Å². The van der Waals surface area contributed by atoms with Gasteiger partial charge in [0.1, 0.15) is 0 Å². The summed E-state index contributed by atoms with van der Waals surface area (Å²) in [5.74, 6) is 0. The predicted octanol–water partition coefficient (Wildman–Crippen LogP) is 0.102. The number of hydrogen-bond acceptors (Lipinski definition) is 4. The maximum absolute atomic E-state index is 11.7. The van der Waals surface area contributed by atoms with Crippen LogP contribution in [0, 0.1) is 0 Å². The summed E-state index contributed by atoms with van der Waals surface area (Å²) >= 11 is 0. The number of anilines is 1. The second-order valence-electron chi connectivity index (χ2n) is 3.34. The number of nitrogens with one attached hydrogen (secondary N) is 1. The molecule has 0 atom stereocenters. The van der Waals surface area contributed by atoms with Crippen LogP contribution in [0.15, 0.2) is 23.1 Å². The third kappa shape index (κ3) is 2.94. The van der Waals surface area contributed by atoms with Gasteiger partial charge in [0, 0.05) is 12.2 Å². The molecule has 1 rings (SSSR count). The summed E-state index contributed by atoms with van der Waals surface area (Å²) in [5.41, 5.74) is 7.10. The second kappa shape index (κ2) is 5.29. The van der Waals surface area contributed by atoms with E-state index in [2.05, 4.69) is 4.72 Å². The smallest absolute Gasteiger partial charge is 0.240 e. The van der Waals surface area contributed by atoms with Crippen LogP contribution in [-0.4, -0.2) is 26.7 Å². The van der Waals surface area contributed by atoms with E-state index in [-0.39, 0.29) is 18.0 Å². The number of nitrogen functional groups attached to an aromatic ring is 1. The fourth-order valence-electron chi connectivity index (χ4n) is 1.33. The number of hydrogen-bond donors (Lipinski definition) is 3. The summed E-state index contributed by atoms with van der Waals surface area (Å²) in [6.07, 6.45) is 0.760. The fraction of sp³-hybridized carbons (Fsp3) is 0.400. The minimum absolute atomic E-state index is 0.00221. The van der Waals surface area contributed by atoms with Crippen molar-refractivity contribution >= 4 is 15.7 Å². The van der Waals surface area contributed by atoms with E-state index in [0.29, 0.717) is 5.69 Å². The Morgan fingerprint density at radius 1 is 1.44 bits per heavy atom. The van der Waals surface area contributed by atoms with Crippen LogP contribution in [0.3, 0.4) is 0 Å². The molecule has 16 heavy (non-hydrogen) atoms. The fourth-order valence-corrected chi connectivity index (χ4v) is 2.38. The quantitative estimate of drug-likeness (QED) is 0.641. The Kier molecular flexibility index (Phi) is 4.28. The maximum Gasteiger partial charge on any atom is 0.240 e. The molecule has 90 valence electrons. The Hall–Kier alpha value is -1.11. The molecule has 0 aliphatic rings. The van der Waals surface area contributed by atoms with Gasteiger partial charge in [0.05, 0.1) is 11.5 Å². The number of sulfonamides is 1. The molecular formula is C10H16N2O3S. The number of rotatable bonds is 5. The number of benzene rings is 1. The molecule has 6 heteroatoms. The average molecular weight is 244 g/mol. The van der Waals surface area contributed by atoms with E-state index < -0.39 is 10.0 Å². The third-order valence-corrected chi connectivity index (χ3v) is 3.67. The van der Waals surface area contributed by atoms with Gasteiger partial charge in [-0.2, -0.15) is 0 Å². The molecule has 0 saturated heterocycles. The van der Waals surface area contributed by atoms with Crippen molar-refractivity contribution < 1.29 is 13.5 Å². The first-order chi connectivity index (χ1) is 7.51. The van der Waals surface area contributed by atoms with Crippen molar-refractivity contribution in [1.82, 2.24) is 4.72 Å². The van der Waals surface area contributed by atoms with E-state index in [9.17, 15) is 8.42 Å². The van der Waals surface area contributed by atoms with Gasteiger partial charge in [-0.15, -0.1) is 0 Å². The zero-order valence-corrected chi connectivity index (χ0v) is 9.92. The van der Waals surface area contributed by atoms with E-state index in [1.54, 1.807) is 6.07 Å². The highest BCUT2D eigenvalue weighted by atomic mass is 32.2. The molecule has 0 aromatic heterocycles. The molecule has 0 aliphatic carbocycles. The van der Waals surface area contributed by atoms with Crippen molar-refractivity contribution in [2.24, 2.45) is 0 Å². The Morgan fingerprint density at radius 2 is 2.12 bits per heavy atom.